The predicted octanol–water partition coefficient (Wildman–Crippen LogP) is 7.57. The molecule has 1 aliphatic rings. The summed E-state index contributed by atoms with van der Waals surface area (Å²) in [6, 6.07) is 25.1. The fourth-order valence-corrected chi connectivity index (χ4v) is 6.01. The van der Waals surface area contributed by atoms with Crippen LogP contribution in [0.3, 0.4) is 0 Å². The molecule has 44 heavy (non-hydrogen) atoms. The molecule has 0 spiro atoms. The summed E-state index contributed by atoms with van der Waals surface area (Å²) in [4.78, 5) is 30.7. The predicted molar refractivity (Wildman–Crippen MR) is 177 cm³/mol. The van der Waals surface area contributed by atoms with Gasteiger partial charge in [-0.25, -0.2) is 9.48 Å². The zero-order chi connectivity index (χ0) is 30.8. The number of aromatic nitrogens is 3. The highest BCUT2D eigenvalue weighted by Crippen LogP contribution is 2.36. The summed E-state index contributed by atoms with van der Waals surface area (Å²) in [7, 11) is 0. The minimum atomic E-state index is -0.376. The van der Waals surface area contributed by atoms with E-state index in [1.54, 1.807) is 4.68 Å². The Morgan fingerprint density at radius 1 is 0.932 bits per heavy atom. The first-order chi connectivity index (χ1) is 21.2. The number of benzene rings is 3. The minimum Gasteiger partial charge on any atom is -0.361 e. The first-order valence-corrected chi connectivity index (χ1v) is 15.3. The van der Waals surface area contributed by atoms with Crippen molar-refractivity contribution in [3.05, 3.63) is 107 Å². The van der Waals surface area contributed by atoms with Crippen molar-refractivity contribution in [3.8, 4) is 5.69 Å². The molecule has 8 heteroatoms. The number of nitrogens with one attached hydrogen (secondary N) is 4. The largest absolute Gasteiger partial charge is 0.361 e. The van der Waals surface area contributed by atoms with Crippen LogP contribution in [0.5, 0.6) is 0 Å². The molecule has 1 unspecified atom stereocenters. The molecule has 226 valence electrons. The van der Waals surface area contributed by atoms with Crippen LogP contribution in [-0.2, 0) is 5.41 Å². The molecule has 1 atom stereocenters. The number of hydrogen-bond donors (Lipinski definition) is 4. The molecule has 1 saturated heterocycles. The molecular formula is C36H40N6O2. The van der Waals surface area contributed by atoms with Gasteiger partial charge in [0.15, 0.2) is 5.78 Å². The van der Waals surface area contributed by atoms with Crippen LogP contribution in [0.2, 0.25) is 0 Å². The van der Waals surface area contributed by atoms with Crippen LogP contribution < -0.4 is 16.0 Å². The second kappa shape index (κ2) is 12.1. The van der Waals surface area contributed by atoms with Gasteiger partial charge in [0, 0.05) is 39.8 Å². The monoisotopic (exact) mass is 588 g/mol. The van der Waals surface area contributed by atoms with E-state index in [9.17, 15) is 9.59 Å². The second-order valence-electron chi connectivity index (χ2n) is 12.8. The third-order valence-electron chi connectivity index (χ3n) is 8.48. The fourth-order valence-electron chi connectivity index (χ4n) is 6.01. The number of H-pyrrole nitrogens is 1. The van der Waals surface area contributed by atoms with Crippen molar-refractivity contribution in [2.24, 2.45) is 5.92 Å². The maximum absolute atomic E-state index is 14.1. The molecule has 8 nitrogen and oxygen atoms in total. The average Bonchev–Trinajstić information content (AvgIpc) is 3.65. The lowest BCUT2D eigenvalue weighted by Gasteiger charge is -2.30. The van der Waals surface area contributed by atoms with Crippen molar-refractivity contribution < 1.29 is 9.59 Å². The molecule has 1 aliphatic heterocycles. The van der Waals surface area contributed by atoms with Gasteiger partial charge >= 0.3 is 6.03 Å². The number of piperidine rings is 1. The Kier molecular flexibility index (Phi) is 8.10. The highest BCUT2D eigenvalue weighted by Gasteiger charge is 2.32. The maximum atomic E-state index is 14.1. The molecule has 2 amide bonds. The van der Waals surface area contributed by atoms with E-state index in [0.29, 0.717) is 17.1 Å². The van der Waals surface area contributed by atoms with E-state index < -0.39 is 0 Å². The third kappa shape index (κ3) is 6.31. The molecule has 1 fully saturated rings. The molecule has 0 aliphatic carbocycles. The number of urea groups is 1. The number of nitrogens with zero attached hydrogens (tertiary/aromatic N) is 2. The van der Waals surface area contributed by atoms with Gasteiger partial charge in [0.1, 0.15) is 5.82 Å². The van der Waals surface area contributed by atoms with Gasteiger partial charge in [-0.1, -0.05) is 50.6 Å². The van der Waals surface area contributed by atoms with Crippen molar-refractivity contribution in [1.29, 1.82) is 0 Å². The first-order valence-electron chi connectivity index (χ1n) is 15.3. The zero-order valence-electron chi connectivity index (χ0n) is 25.8. The fraction of sp³-hybridized carbons (Fsp3) is 0.306. The smallest absolute Gasteiger partial charge is 0.324 e. The molecule has 0 saturated carbocycles. The van der Waals surface area contributed by atoms with Crippen LogP contribution in [0, 0.1) is 12.8 Å². The van der Waals surface area contributed by atoms with E-state index in [1.807, 2.05) is 92.0 Å². The third-order valence-corrected chi connectivity index (χ3v) is 8.48. The number of fused-ring (bicyclic) bond motifs is 1. The Labute approximate surface area is 258 Å². The van der Waals surface area contributed by atoms with Crippen LogP contribution >= 0.6 is 0 Å². The molecule has 2 aromatic heterocycles. The SMILES string of the molecule is Cc1ccc(-n2nc(C(C)(C)C)cc2NC(=O)Nc2cccc(C(C(=O)c3ccc4[nH]ccc4c3)C3CCNCC3)c2)cc1. The maximum Gasteiger partial charge on any atom is 0.324 e. The number of anilines is 2. The summed E-state index contributed by atoms with van der Waals surface area (Å²) in [6.45, 7) is 10.1. The Balaban J connectivity index is 1.26. The van der Waals surface area contributed by atoms with E-state index in [2.05, 4.69) is 41.7 Å². The van der Waals surface area contributed by atoms with Gasteiger partial charge in [0.05, 0.1) is 17.3 Å². The molecule has 5 aromatic rings. The standard InChI is InChI=1S/C36H40N6O2/c1-23-8-11-29(12-9-23)42-32(22-31(41-42)36(2,3)4)40-35(44)39-28-7-5-6-26(21-28)33(24-14-17-37-18-15-24)34(43)27-10-13-30-25(20-27)16-19-38-30/h5-13,16,19-22,24,33,37-38H,14-15,17-18H2,1-4H3,(H2,39,40,44). The number of Topliss-reactive ketones (excluding diaryl/α,β-unsaturated/α-hetero) is 1. The number of hydrogen-bond acceptors (Lipinski definition) is 4. The average molecular weight is 589 g/mol. The van der Waals surface area contributed by atoms with E-state index in [4.69, 9.17) is 5.10 Å². The number of carbonyl (C=O) groups excluding carboxylic acids is 2. The van der Waals surface area contributed by atoms with Gasteiger partial charge in [0.25, 0.3) is 0 Å². The summed E-state index contributed by atoms with van der Waals surface area (Å²) in [5, 5.41) is 15.3. The Morgan fingerprint density at radius 2 is 1.70 bits per heavy atom. The van der Waals surface area contributed by atoms with Gasteiger partial charge in [-0.05, 0) is 92.9 Å². The van der Waals surface area contributed by atoms with Crippen molar-refractivity contribution in [1.82, 2.24) is 20.1 Å². The summed E-state index contributed by atoms with van der Waals surface area (Å²) in [5.74, 6) is 0.582. The molecule has 3 heterocycles. The van der Waals surface area contributed by atoms with Crippen LogP contribution in [0.25, 0.3) is 16.6 Å². The van der Waals surface area contributed by atoms with Crippen molar-refractivity contribution >= 4 is 34.2 Å². The molecule has 4 N–H and O–H groups in total. The molecule has 0 radical (unpaired) electrons. The molecular weight excluding hydrogens is 548 g/mol. The number of rotatable bonds is 7. The Morgan fingerprint density at radius 3 is 2.45 bits per heavy atom. The normalized spacial score (nSPS) is 14.8. The van der Waals surface area contributed by atoms with Gasteiger partial charge in [-0.15, -0.1) is 0 Å². The number of aromatic amines is 1. The van der Waals surface area contributed by atoms with Crippen molar-refractivity contribution in [2.45, 2.75) is 51.9 Å². The molecule has 0 bridgehead atoms. The van der Waals surface area contributed by atoms with Crippen molar-refractivity contribution in [2.75, 3.05) is 23.7 Å². The van der Waals surface area contributed by atoms with Gasteiger partial charge in [-0.3, -0.25) is 10.1 Å². The summed E-state index contributed by atoms with van der Waals surface area (Å²) < 4.78 is 1.77. The summed E-state index contributed by atoms with van der Waals surface area (Å²) in [6.07, 6.45) is 3.72. The number of aryl methyl sites for hydroxylation is 1. The lowest BCUT2D eigenvalue weighted by Crippen LogP contribution is -2.33. The Hall–Kier alpha value is -4.69. The molecule has 3 aromatic carbocycles. The zero-order valence-corrected chi connectivity index (χ0v) is 25.8. The van der Waals surface area contributed by atoms with Crippen LogP contribution in [-0.4, -0.2) is 39.7 Å². The minimum absolute atomic E-state index is 0.110. The quantitative estimate of drug-likeness (QED) is 0.147. The van der Waals surface area contributed by atoms with Gasteiger partial charge in [0.2, 0.25) is 0 Å². The number of carbonyl (C=O) groups is 2. The number of ketones is 1. The van der Waals surface area contributed by atoms with Crippen LogP contribution in [0.4, 0.5) is 16.3 Å². The highest BCUT2D eigenvalue weighted by atomic mass is 16.2. The topological polar surface area (TPSA) is 104 Å². The highest BCUT2D eigenvalue weighted by molar-refractivity contribution is 6.04. The Bertz CT molecular complexity index is 1790. The second-order valence-corrected chi connectivity index (χ2v) is 12.8. The summed E-state index contributed by atoms with van der Waals surface area (Å²) >= 11 is 0. The van der Waals surface area contributed by atoms with Crippen molar-refractivity contribution in [3.63, 3.8) is 0 Å². The first kappa shape index (κ1) is 29.4. The van der Waals surface area contributed by atoms with Gasteiger partial charge < -0.3 is 15.6 Å². The lowest BCUT2D eigenvalue weighted by atomic mass is 9.76. The number of amides is 2. The van der Waals surface area contributed by atoms with Crippen LogP contribution in [0.1, 0.15) is 66.7 Å². The van der Waals surface area contributed by atoms with E-state index in [-0.39, 0.29) is 29.1 Å². The van der Waals surface area contributed by atoms with Crippen LogP contribution in [0.15, 0.2) is 85.1 Å². The lowest BCUT2D eigenvalue weighted by molar-refractivity contribution is 0.0916. The molecule has 6 rings (SSSR count). The van der Waals surface area contributed by atoms with E-state index in [0.717, 1.165) is 59.3 Å². The van der Waals surface area contributed by atoms with Gasteiger partial charge in [-0.2, -0.15) is 5.10 Å². The van der Waals surface area contributed by atoms with E-state index >= 15 is 0 Å². The summed E-state index contributed by atoms with van der Waals surface area (Å²) in [5.41, 5.74) is 5.94. The van der Waals surface area contributed by atoms with E-state index in [1.165, 1.54) is 0 Å².